The van der Waals surface area contributed by atoms with E-state index in [0.29, 0.717) is 11.2 Å². The molecule has 1 saturated heterocycles. The Kier molecular flexibility index (Phi) is 6.78. The second-order valence-corrected chi connectivity index (χ2v) is 7.64. The van der Waals surface area contributed by atoms with E-state index in [1.807, 2.05) is 48.5 Å². The van der Waals surface area contributed by atoms with E-state index in [1.165, 1.54) is 0 Å². The highest BCUT2D eigenvalue weighted by molar-refractivity contribution is 7.80. The van der Waals surface area contributed by atoms with E-state index in [-0.39, 0.29) is 0 Å². The van der Waals surface area contributed by atoms with Gasteiger partial charge in [0.1, 0.15) is 23.1 Å². The van der Waals surface area contributed by atoms with Crippen molar-refractivity contribution < 1.29 is 9.47 Å². The molecule has 1 aromatic carbocycles. The topological polar surface area (TPSA) is 71.5 Å². The van der Waals surface area contributed by atoms with E-state index in [4.69, 9.17) is 21.7 Å². The Balaban J connectivity index is 1.29. The first-order valence-electron chi connectivity index (χ1n) is 10.2. The fourth-order valence-electron chi connectivity index (χ4n) is 3.46. The van der Waals surface area contributed by atoms with Crippen LogP contribution in [0.1, 0.15) is 12.8 Å². The van der Waals surface area contributed by atoms with Crippen molar-refractivity contribution in [2.24, 2.45) is 0 Å². The molecule has 8 heteroatoms. The van der Waals surface area contributed by atoms with E-state index in [2.05, 4.69) is 25.5 Å². The summed E-state index contributed by atoms with van der Waals surface area (Å²) in [5.74, 6) is 3.24. The zero-order valence-electron chi connectivity index (χ0n) is 17.3. The first kappa shape index (κ1) is 20.9. The molecule has 1 aliphatic rings. The Morgan fingerprint density at radius 3 is 2.52 bits per heavy atom. The molecule has 2 N–H and O–H groups in total. The second-order valence-electron chi connectivity index (χ2n) is 7.23. The van der Waals surface area contributed by atoms with Crippen molar-refractivity contribution in [3.8, 4) is 17.2 Å². The number of pyridine rings is 2. The maximum absolute atomic E-state index is 5.97. The summed E-state index contributed by atoms with van der Waals surface area (Å²) in [5.41, 5.74) is 0.885. The van der Waals surface area contributed by atoms with Gasteiger partial charge in [0.05, 0.1) is 19.0 Å². The Morgan fingerprint density at radius 2 is 1.81 bits per heavy atom. The summed E-state index contributed by atoms with van der Waals surface area (Å²) < 4.78 is 11.2. The Labute approximate surface area is 187 Å². The molecule has 0 bridgehead atoms. The molecule has 3 aromatic rings. The zero-order chi connectivity index (χ0) is 21.5. The third kappa shape index (κ3) is 5.82. The second kappa shape index (κ2) is 10.1. The number of hydrogen-bond donors (Lipinski definition) is 2. The quantitative estimate of drug-likeness (QED) is 0.558. The molecule has 1 aliphatic heterocycles. The number of anilines is 2. The normalized spacial score (nSPS) is 14.0. The number of hydrogen-bond acceptors (Lipinski definition) is 6. The van der Waals surface area contributed by atoms with Crippen LogP contribution in [0.15, 0.2) is 67.1 Å². The van der Waals surface area contributed by atoms with Gasteiger partial charge in [-0.3, -0.25) is 4.98 Å². The first-order chi connectivity index (χ1) is 15.2. The van der Waals surface area contributed by atoms with Crippen LogP contribution in [-0.4, -0.2) is 41.3 Å². The fraction of sp³-hybridized carbons (Fsp3) is 0.261. The average molecular weight is 436 g/mol. The maximum Gasteiger partial charge on any atom is 0.171 e. The maximum atomic E-state index is 5.97. The lowest BCUT2D eigenvalue weighted by molar-refractivity contribution is 0.413. The van der Waals surface area contributed by atoms with Gasteiger partial charge in [-0.2, -0.15) is 0 Å². The summed E-state index contributed by atoms with van der Waals surface area (Å²) in [6.45, 7) is 1.79. The summed E-state index contributed by atoms with van der Waals surface area (Å²) in [6, 6.07) is 15.5. The van der Waals surface area contributed by atoms with Gasteiger partial charge in [-0.1, -0.05) is 0 Å². The van der Waals surface area contributed by atoms with Crippen molar-refractivity contribution in [1.82, 2.24) is 15.3 Å². The molecule has 160 valence electrons. The third-order valence-corrected chi connectivity index (χ3v) is 5.31. The molecular formula is C23H25N5O2S. The number of aromatic nitrogens is 2. The molecule has 0 saturated carbocycles. The van der Waals surface area contributed by atoms with E-state index < -0.39 is 0 Å². The van der Waals surface area contributed by atoms with Crippen molar-refractivity contribution in [2.75, 3.05) is 30.4 Å². The lowest BCUT2D eigenvalue weighted by Crippen LogP contribution is -2.46. The summed E-state index contributed by atoms with van der Waals surface area (Å²) in [4.78, 5) is 10.9. The monoisotopic (exact) mass is 435 g/mol. The van der Waals surface area contributed by atoms with Gasteiger partial charge in [0.2, 0.25) is 0 Å². The number of nitrogens with one attached hydrogen (secondary N) is 2. The van der Waals surface area contributed by atoms with Crippen LogP contribution in [0.5, 0.6) is 17.2 Å². The van der Waals surface area contributed by atoms with Crippen LogP contribution in [0.4, 0.5) is 11.5 Å². The van der Waals surface area contributed by atoms with E-state index in [0.717, 1.165) is 54.7 Å². The Morgan fingerprint density at radius 1 is 1.03 bits per heavy atom. The van der Waals surface area contributed by atoms with Crippen LogP contribution in [-0.2, 0) is 0 Å². The molecule has 1 fully saturated rings. The number of thiocarbonyl (C=S) groups is 1. The van der Waals surface area contributed by atoms with Gasteiger partial charge in [-0.05, 0) is 67.5 Å². The van der Waals surface area contributed by atoms with Crippen LogP contribution < -0.4 is 25.0 Å². The lowest BCUT2D eigenvalue weighted by Gasteiger charge is -2.33. The number of ether oxygens (including phenoxy) is 2. The van der Waals surface area contributed by atoms with Crippen molar-refractivity contribution >= 4 is 28.8 Å². The predicted molar refractivity (Wildman–Crippen MR) is 126 cm³/mol. The molecule has 2 aromatic heterocycles. The highest BCUT2D eigenvalue weighted by Crippen LogP contribution is 2.27. The van der Waals surface area contributed by atoms with Crippen LogP contribution in [0, 0.1) is 0 Å². The minimum absolute atomic E-state index is 0.326. The van der Waals surface area contributed by atoms with Gasteiger partial charge in [-0.25, -0.2) is 4.98 Å². The number of nitrogens with zero attached hydrogens (tertiary/aromatic N) is 3. The molecule has 0 spiro atoms. The zero-order valence-corrected chi connectivity index (χ0v) is 18.1. The Bertz CT molecular complexity index is 992. The molecule has 4 rings (SSSR count). The minimum atomic E-state index is 0.326. The molecule has 3 heterocycles. The Hall–Kier alpha value is -3.39. The molecule has 0 aliphatic carbocycles. The average Bonchev–Trinajstić information content (AvgIpc) is 2.81. The largest absolute Gasteiger partial charge is 0.497 e. The van der Waals surface area contributed by atoms with E-state index in [1.54, 1.807) is 25.7 Å². The van der Waals surface area contributed by atoms with E-state index >= 15 is 0 Å². The van der Waals surface area contributed by atoms with Crippen molar-refractivity contribution in [3.05, 3.63) is 67.1 Å². The molecule has 0 unspecified atom stereocenters. The highest BCUT2D eigenvalue weighted by atomic mass is 32.1. The highest BCUT2D eigenvalue weighted by Gasteiger charge is 2.21. The van der Waals surface area contributed by atoms with Crippen LogP contribution >= 0.6 is 12.2 Å². The fourth-order valence-corrected chi connectivity index (χ4v) is 3.74. The summed E-state index contributed by atoms with van der Waals surface area (Å²) in [7, 11) is 1.65. The smallest absolute Gasteiger partial charge is 0.171 e. The van der Waals surface area contributed by atoms with Gasteiger partial charge in [0.25, 0.3) is 0 Å². The molecule has 0 atom stereocenters. The van der Waals surface area contributed by atoms with Crippen LogP contribution in [0.3, 0.4) is 0 Å². The van der Waals surface area contributed by atoms with Gasteiger partial charge >= 0.3 is 0 Å². The summed E-state index contributed by atoms with van der Waals surface area (Å²) in [5, 5.41) is 7.21. The molecule has 7 nitrogen and oxygen atoms in total. The van der Waals surface area contributed by atoms with Crippen molar-refractivity contribution in [1.29, 1.82) is 0 Å². The van der Waals surface area contributed by atoms with Gasteiger partial charge in [0.15, 0.2) is 5.11 Å². The number of piperidine rings is 1. The molecule has 0 amide bonds. The van der Waals surface area contributed by atoms with Crippen LogP contribution in [0.25, 0.3) is 0 Å². The summed E-state index contributed by atoms with van der Waals surface area (Å²) >= 11 is 5.43. The lowest BCUT2D eigenvalue weighted by atomic mass is 10.1. The van der Waals surface area contributed by atoms with Gasteiger partial charge < -0.3 is 25.0 Å². The van der Waals surface area contributed by atoms with Crippen LogP contribution in [0.2, 0.25) is 0 Å². The van der Waals surface area contributed by atoms with Crippen molar-refractivity contribution in [2.45, 2.75) is 18.9 Å². The first-order valence-corrected chi connectivity index (χ1v) is 10.6. The van der Waals surface area contributed by atoms with Crippen molar-refractivity contribution in [3.63, 3.8) is 0 Å². The number of rotatable bonds is 6. The predicted octanol–water partition coefficient (Wildman–Crippen LogP) is 4.23. The minimum Gasteiger partial charge on any atom is -0.497 e. The third-order valence-electron chi connectivity index (χ3n) is 5.09. The molecular weight excluding hydrogens is 410 g/mol. The molecule has 31 heavy (non-hydrogen) atoms. The summed E-state index contributed by atoms with van der Waals surface area (Å²) in [6.07, 6.45) is 7.22. The number of benzene rings is 1. The standard InChI is InChI=1S/C23H25N5O2S/c1-29-19-4-6-20(7-5-19)30-21-8-12-25-22(15-21)28-13-9-17(10-14-28)26-23(31)27-18-3-2-11-24-16-18/h2-8,11-12,15-17H,9-10,13-14H2,1H3,(H2,26,27,31). The molecule has 0 radical (unpaired) electrons. The van der Waals surface area contributed by atoms with E-state index in [9.17, 15) is 0 Å². The van der Waals surface area contributed by atoms with Gasteiger partial charge in [0, 0.05) is 37.6 Å². The SMILES string of the molecule is COc1ccc(Oc2ccnc(N3CCC(NC(=S)Nc4cccnc4)CC3)c2)cc1. The number of methoxy groups -OCH3 is 1. The van der Waals surface area contributed by atoms with Gasteiger partial charge in [-0.15, -0.1) is 0 Å².